The summed E-state index contributed by atoms with van der Waals surface area (Å²) < 4.78 is 2.52. The maximum Gasteiger partial charge on any atom is 0.191 e. The number of thiocarbonyl (C=S) groups is 1. The largest absolute Gasteiger partial charge is 0.374 e. The maximum atomic E-state index is 6.49. The Morgan fingerprint density at radius 2 is 1.85 bits per heavy atom. The molecule has 0 saturated heterocycles. The van der Waals surface area contributed by atoms with Crippen LogP contribution < -0.4 is 5.73 Å². The molecule has 0 spiro atoms. The molecular weight excluding hydrogens is 444 g/mol. The normalized spacial score (nSPS) is 11.1. The van der Waals surface area contributed by atoms with Crippen LogP contribution in [0.5, 0.6) is 0 Å². The van der Waals surface area contributed by atoms with Gasteiger partial charge in [0.2, 0.25) is 0 Å². The number of aryl methyl sites for hydroxylation is 1. The van der Waals surface area contributed by atoms with Gasteiger partial charge in [-0.25, -0.2) is 9.67 Å². The molecule has 4 aromatic rings. The summed E-state index contributed by atoms with van der Waals surface area (Å²) in [4.78, 5) is 4.52. The molecule has 2 aromatic carbocycles. The average molecular weight is 458 g/mol. The highest BCUT2D eigenvalue weighted by atomic mass is 79.9. The lowest BCUT2D eigenvalue weighted by molar-refractivity contribution is 0.950. The van der Waals surface area contributed by atoms with Gasteiger partial charge in [0.15, 0.2) is 5.11 Å². The van der Waals surface area contributed by atoms with Crippen molar-refractivity contribution in [1.29, 1.82) is 0 Å². The SMILES string of the molecule is Cc1ccc2nc(Cl)c(-c3cc(-c4ccc(Br)cc4)nn3C(N)=S)cc2c1. The van der Waals surface area contributed by atoms with Crippen LogP contribution in [0.4, 0.5) is 0 Å². The summed E-state index contributed by atoms with van der Waals surface area (Å²) in [7, 11) is 0. The van der Waals surface area contributed by atoms with Crippen molar-refractivity contribution in [3.05, 3.63) is 69.8 Å². The van der Waals surface area contributed by atoms with Crippen molar-refractivity contribution < 1.29 is 0 Å². The van der Waals surface area contributed by atoms with E-state index in [1.807, 2.05) is 55.5 Å². The van der Waals surface area contributed by atoms with Crippen molar-refractivity contribution in [3.63, 3.8) is 0 Å². The number of halogens is 2. The van der Waals surface area contributed by atoms with E-state index in [1.165, 1.54) is 4.68 Å². The lowest BCUT2D eigenvalue weighted by atomic mass is 10.1. The van der Waals surface area contributed by atoms with Crippen LogP contribution in [-0.4, -0.2) is 19.9 Å². The molecule has 0 aliphatic carbocycles. The van der Waals surface area contributed by atoms with E-state index in [0.717, 1.165) is 37.8 Å². The first-order valence-corrected chi connectivity index (χ1v) is 9.73. The highest BCUT2D eigenvalue weighted by molar-refractivity contribution is 9.10. The zero-order chi connectivity index (χ0) is 19.1. The third-order valence-electron chi connectivity index (χ3n) is 4.26. The van der Waals surface area contributed by atoms with Crippen LogP contribution in [0.3, 0.4) is 0 Å². The van der Waals surface area contributed by atoms with Crippen LogP contribution >= 0.6 is 39.7 Å². The minimum absolute atomic E-state index is 0.147. The highest BCUT2D eigenvalue weighted by Gasteiger charge is 2.17. The maximum absolute atomic E-state index is 6.49. The predicted molar refractivity (Wildman–Crippen MR) is 118 cm³/mol. The Bertz CT molecular complexity index is 1180. The fourth-order valence-corrected chi connectivity index (χ4v) is 3.60. The van der Waals surface area contributed by atoms with E-state index in [9.17, 15) is 0 Å². The Labute approximate surface area is 175 Å². The minimum atomic E-state index is 0.147. The molecule has 0 atom stereocenters. The van der Waals surface area contributed by atoms with Crippen LogP contribution in [0.2, 0.25) is 5.15 Å². The monoisotopic (exact) mass is 456 g/mol. The fraction of sp³-hybridized carbons (Fsp3) is 0.0500. The molecule has 0 unspecified atom stereocenters. The standard InChI is InChI=1S/C20H14BrClN4S/c1-11-2-7-16-13(8-11)9-15(19(22)24-16)18-10-17(25-26(18)20(23)27)12-3-5-14(21)6-4-12/h2-10H,1H3,(H2,23,27). The average Bonchev–Trinajstić information content (AvgIpc) is 3.07. The third kappa shape index (κ3) is 3.48. The lowest BCUT2D eigenvalue weighted by Crippen LogP contribution is -2.21. The van der Waals surface area contributed by atoms with Crippen LogP contribution in [0.1, 0.15) is 5.56 Å². The number of benzene rings is 2. The van der Waals surface area contributed by atoms with Gasteiger partial charge in [0.25, 0.3) is 0 Å². The summed E-state index contributed by atoms with van der Waals surface area (Å²) in [5, 5.41) is 6.10. The van der Waals surface area contributed by atoms with Gasteiger partial charge in [-0.05, 0) is 55.5 Å². The van der Waals surface area contributed by atoms with E-state index in [4.69, 9.17) is 29.6 Å². The quantitative estimate of drug-likeness (QED) is 0.315. The molecule has 4 rings (SSSR count). The molecular formula is C20H14BrClN4S. The highest BCUT2D eigenvalue weighted by Crippen LogP contribution is 2.33. The van der Waals surface area contributed by atoms with Gasteiger partial charge in [0, 0.05) is 21.0 Å². The lowest BCUT2D eigenvalue weighted by Gasteiger charge is -2.08. The van der Waals surface area contributed by atoms with Crippen molar-refractivity contribution in [2.24, 2.45) is 5.73 Å². The molecule has 0 amide bonds. The summed E-state index contributed by atoms with van der Waals surface area (Å²) in [6, 6.07) is 17.8. The molecule has 2 heterocycles. The van der Waals surface area contributed by atoms with Gasteiger partial charge in [-0.15, -0.1) is 0 Å². The first-order valence-electron chi connectivity index (χ1n) is 8.15. The number of hydrogen-bond donors (Lipinski definition) is 1. The van der Waals surface area contributed by atoms with Gasteiger partial charge < -0.3 is 5.73 Å². The second-order valence-electron chi connectivity index (χ2n) is 6.19. The van der Waals surface area contributed by atoms with Crippen molar-refractivity contribution >= 4 is 55.8 Å². The summed E-state index contributed by atoms with van der Waals surface area (Å²) >= 11 is 15.1. The molecule has 2 aromatic heterocycles. The number of hydrogen-bond acceptors (Lipinski definition) is 3. The number of nitrogens with two attached hydrogens (primary N) is 1. The number of fused-ring (bicyclic) bond motifs is 1. The van der Waals surface area contributed by atoms with Crippen LogP contribution in [0.15, 0.2) is 59.1 Å². The van der Waals surface area contributed by atoms with Crippen LogP contribution in [-0.2, 0) is 0 Å². The first kappa shape index (κ1) is 18.1. The Hall–Kier alpha value is -2.28. The smallest absolute Gasteiger partial charge is 0.191 e. The van der Waals surface area contributed by atoms with E-state index in [1.54, 1.807) is 0 Å². The summed E-state index contributed by atoms with van der Waals surface area (Å²) in [6.07, 6.45) is 0. The molecule has 0 bridgehead atoms. The Balaban J connectivity index is 1.92. The molecule has 0 fully saturated rings. The van der Waals surface area contributed by atoms with Crippen molar-refractivity contribution in [2.75, 3.05) is 0 Å². The van der Waals surface area contributed by atoms with Gasteiger partial charge >= 0.3 is 0 Å². The molecule has 0 aliphatic rings. The van der Waals surface area contributed by atoms with E-state index in [-0.39, 0.29) is 5.11 Å². The van der Waals surface area contributed by atoms with Crippen molar-refractivity contribution in [3.8, 4) is 22.5 Å². The van der Waals surface area contributed by atoms with Gasteiger partial charge in [0.1, 0.15) is 5.15 Å². The van der Waals surface area contributed by atoms with Gasteiger partial charge in [-0.1, -0.05) is 51.3 Å². The third-order valence-corrected chi connectivity index (χ3v) is 5.25. The number of rotatable bonds is 2. The molecule has 0 saturated carbocycles. The van der Waals surface area contributed by atoms with Gasteiger partial charge in [0.05, 0.1) is 16.9 Å². The molecule has 134 valence electrons. The second kappa shape index (κ2) is 7.03. The van der Waals surface area contributed by atoms with Crippen LogP contribution in [0.25, 0.3) is 33.4 Å². The molecule has 27 heavy (non-hydrogen) atoms. The predicted octanol–water partition coefficient (Wildman–Crippen LogP) is 5.58. The van der Waals surface area contributed by atoms with Crippen molar-refractivity contribution in [2.45, 2.75) is 6.92 Å². The van der Waals surface area contributed by atoms with E-state index in [0.29, 0.717) is 10.8 Å². The topological polar surface area (TPSA) is 56.7 Å². The molecule has 7 heteroatoms. The number of pyridine rings is 1. The number of aromatic nitrogens is 3. The van der Waals surface area contributed by atoms with E-state index in [2.05, 4.69) is 32.1 Å². The Kier molecular flexibility index (Phi) is 4.72. The first-order chi connectivity index (χ1) is 12.9. The second-order valence-corrected chi connectivity index (χ2v) is 7.89. The summed E-state index contributed by atoms with van der Waals surface area (Å²) in [5.41, 5.74) is 11.1. The molecule has 0 aliphatic heterocycles. The van der Waals surface area contributed by atoms with Gasteiger partial charge in [-0.2, -0.15) is 5.10 Å². The van der Waals surface area contributed by atoms with Crippen LogP contribution in [0, 0.1) is 6.92 Å². The summed E-state index contributed by atoms with van der Waals surface area (Å²) in [5.74, 6) is 0. The Morgan fingerprint density at radius 1 is 1.11 bits per heavy atom. The van der Waals surface area contributed by atoms with Crippen molar-refractivity contribution in [1.82, 2.24) is 14.8 Å². The Morgan fingerprint density at radius 3 is 2.56 bits per heavy atom. The molecule has 2 N–H and O–H groups in total. The summed E-state index contributed by atoms with van der Waals surface area (Å²) in [6.45, 7) is 2.04. The molecule has 4 nitrogen and oxygen atoms in total. The minimum Gasteiger partial charge on any atom is -0.374 e. The zero-order valence-corrected chi connectivity index (χ0v) is 17.4. The fourth-order valence-electron chi connectivity index (χ4n) is 2.95. The van der Waals surface area contributed by atoms with Gasteiger partial charge in [-0.3, -0.25) is 0 Å². The molecule has 0 radical (unpaired) electrons. The van der Waals surface area contributed by atoms with E-state index >= 15 is 0 Å². The zero-order valence-electron chi connectivity index (χ0n) is 14.3. The number of nitrogens with zero attached hydrogens (tertiary/aromatic N) is 3. The van der Waals surface area contributed by atoms with E-state index < -0.39 is 0 Å².